The number of carbonyl (C=O) groups excluding carboxylic acids is 1. The van der Waals surface area contributed by atoms with Gasteiger partial charge in [-0.15, -0.1) is 0 Å². The molecule has 4 heteroatoms. The molecular weight excluding hydrogens is 183 g/mol. The number of alkyl halides is 2. The van der Waals surface area contributed by atoms with Crippen LogP contribution in [0.3, 0.4) is 0 Å². The standard InChI is InChI=1S/C8H12ClFO2/c1-12-7(11)6-2-4-8(9,10)5-3-6/h6H,2-5H2,1H3. The molecule has 0 amide bonds. The maximum atomic E-state index is 13.0. The van der Waals surface area contributed by atoms with Crippen molar-refractivity contribution in [2.24, 2.45) is 5.92 Å². The molecule has 0 aromatic heterocycles. The fourth-order valence-electron chi connectivity index (χ4n) is 1.44. The van der Waals surface area contributed by atoms with Crippen molar-refractivity contribution < 1.29 is 13.9 Å². The molecule has 1 aliphatic rings. The molecule has 0 bridgehead atoms. The normalized spacial score (nSPS) is 36.1. The lowest BCUT2D eigenvalue weighted by molar-refractivity contribution is -0.147. The van der Waals surface area contributed by atoms with E-state index >= 15 is 0 Å². The molecule has 0 unspecified atom stereocenters. The minimum Gasteiger partial charge on any atom is -0.469 e. The minimum absolute atomic E-state index is 0.155. The molecule has 2 nitrogen and oxygen atoms in total. The van der Waals surface area contributed by atoms with E-state index in [4.69, 9.17) is 11.6 Å². The summed E-state index contributed by atoms with van der Waals surface area (Å²) in [5, 5.41) is -1.59. The lowest BCUT2D eigenvalue weighted by atomic mass is 9.88. The number of esters is 1. The maximum Gasteiger partial charge on any atom is 0.308 e. The fourth-order valence-corrected chi connectivity index (χ4v) is 1.66. The molecule has 0 aromatic rings. The topological polar surface area (TPSA) is 26.3 Å². The highest BCUT2D eigenvalue weighted by molar-refractivity contribution is 6.22. The number of hydrogen-bond donors (Lipinski definition) is 0. The third-order valence-corrected chi connectivity index (χ3v) is 2.63. The van der Waals surface area contributed by atoms with Crippen LogP contribution in [0.15, 0.2) is 0 Å². The van der Waals surface area contributed by atoms with E-state index in [1.54, 1.807) is 0 Å². The number of rotatable bonds is 1. The third kappa shape index (κ3) is 2.34. The number of carbonyl (C=O) groups is 1. The Hall–Kier alpha value is -0.310. The van der Waals surface area contributed by atoms with Gasteiger partial charge in [0.1, 0.15) is 0 Å². The van der Waals surface area contributed by atoms with Crippen LogP contribution in [-0.4, -0.2) is 18.2 Å². The van der Waals surface area contributed by atoms with Crippen LogP contribution in [0.25, 0.3) is 0 Å². The summed E-state index contributed by atoms with van der Waals surface area (Å²) in [6.45, 7) is 0. The zero-order chi connectivity index (χ0) is 9.19. The molecule has 1 aliphatic carbocycles. The van der Waals surface area contributed by atoms with E-state index < -0.39 is 5.13 Å². The van der Waals surface area contributed by atoms with Crippen molar-refractivity contribution in [2.45, 2.75) is 30.8 Å². The van der Waals surface area contributed by atoms with Crippen LogP contribution >= 0.6 is 11.6 Å². The molecular formula is C8H12ClFO2. The highest BCUT2D eigenvalue weighted by atomic mass is 35.5. The smallest absolute Gasteiger partial charge is 0.308 e. The van der Waals surface area contributed by atoms with Gasteiger partial charge in [0.25, 0.3) is 0 Å². The van der Waals surface area contributed by atoms with Gasteiger partial charge in [0.05, 0.1) is 13.0 Å². The van der Waals surface area contributed by atoms with Crippen LogP contribution < -0.4 is 0 Å². The first-order valence-corrected chi connectivity index (χ1v) is 4.38. The quantitative estimate of drug-likeness (QED) is 0.473. The Morgan fingerprint density at radius 3 is 2.50 bits per heavy atom. The average molecular weight is 195 g/mol. The van der Waals surface area contributed by atoms with E-state index in [-0.39, 0.29) is 24.7 Å². The van der Waals surface area contributed by atoms with Crippen LogP contribution in [0.5, 0.6) is 0 Å². The minimum atomic E-state index is -1.59. The zero-order valence-electron chi connectivity index (χ0n) is 6.98. The Bertz CT molecular complexity index is 172. The molecule has 12 heavy (non-hydrogen) atoms. The lowest BCUT2D eigenvalue weighted by Crippen LogP contribution is -2.28. The first-order valence-electron chi connectivity index (χ1n) is 4.01. The summed E-state index contributed by atoms with van der Waals surface area (Å²) in [4.78, 5) is 11.0. The molecule has 0 aliphatic heterocycles. The lowest BCUT2D eigenvalue weighted by Gasteiger charge is -2.27. The molecule has 1 saturated carbocycles. The number of ether oxygens (including phenoxy) is 1. The van der Waals surface area contributed by atoms with Gasteiger partial charge >= 0.3 is 5.97 Å². The second-order valence-electron chi connectivity index (χ2n) is 3.15. The van der Waals surface area contributed by atoms with E-state index in [9.17, 15) is 9.18 Å². The zero-order valence-corrected chi connectivity index (χ0v) is 7.73. The van der Waals surface area contributed by atoms with Crippen molar-refractivity contribution >= 4 is 17.6 Å². The highest BCUT2D eigenvalue weighted by Crippen LogP contribution is 2.38. The Morgan fingerprint density at radius 1 is 1.58 bits per heavy atom. The van der Waals surface area contributed by atoms with E-state index in [1.807, 2.05) is 0 Å². The maximum absolute atomic E-state index is 13.0. The Balaban J connectivity index is 2.41. The van der Waals surface area contributed by atoms with Crippen LogP contribution in [0.1, 0.15) is 25.7 Å². The van der Waals surface area contributed by atoms with E-state index in [1.165, 1.54) is 7.11 Å². The molecule has 1 fully saturated rings. The Kier molecular flexibility index (Phi) is 2.94. The number of halogens is 2. The first kappa shape index (κ1) is 9.78. The van der Waals surface area contributed by atoms with Crippen molar-refractivity contribution in [2.75, 3.05) is 7.11 Å². The van der Waals surface area contributed by atoms with Gasteiger partial charge in [0.2, 0.25) is 0 Å². The summed E-state index contributed by atoms with van der Waals surface area (Å²) in [5.74, 6) is -0.403. The van der Waals surface area contributed by atoms with E-state index in [2.05, 4.69) is 4.74 Å². The van der Waals surface area contributed by atoms with Gasteiger partial charge in [-0.1, -0.05) is 11.6 Å². The molecule has 70 valence electrons. The second-order valence-corrected chi connectivity index (χ2v) is 3.83. The molecule has 0 radical (unpaired) electrons. The highest BCUT2D eigenvalue weighted by Gasteiger charge is 2.35. The van der Waals surface area contributed by atoms with Gasteiger partial charge < -0.3 is 4.74 Å². The van der Waals surface area contributed by atoms with Gasteiger partial charge in [-0.2, -0.15) is 0 Å². The SMILES string of the molecule is COC(=O)C1CCC(F)(Cl)CC1. The van der Waals surface area contributed by atoms with Crippen molar-refractivity contribution in [1.29, 1.82) is 0 Å². The Labute approximate surface area is 76.0 Å². The molecule has 0 spiro atoms. The Morgan fingerprint density at radius 2 is 2.08 bits per heavy atom. The molecule has 0 atom stereocenters. The second kappa shape index (κ2) is 3.60. The summed E-state index contributed by atoms with van der Waals surface area (Å²) in [6.07, 6.45) is 1.47. The van der Waals surface area contributed by atoms with Gasteiger partial charge in [0, 0.05) is 0 Å². The van der Waals surface area contributed by atoms with Crippen LogP contribution in [0, 0.1) is 5.92 Å². The number of hydrogen-bond acceptors (Lipinski definition) is 2. The van der Waals surface area contributed by atoms with Crippen molar-refractivity contribution in [1.82, 2.24) is 0 Å². The van der Waals surface area contributed by atoms with Gasteiger partial charge in [0.15, 0.2) is 5.13 Å². The van der Waals surface area contributed by atoms with Gasteiger partial charge in [-0.3, -0.25) is 4.79 Å². The number of methoxy groups -OCH3 is 1. The predicted molar refractivity (Wildman–Crippen MR) is 43.7 cm³/mol. The molecule has 0 N–H and O–H groups in total. The predicted octanol–water partition coefficient (Wildman–Crippen LogP) is 2.25. The summed E-state index contributed by atoms with van der Waals surface area (Å²) < 4.78 is 17.6. The molecule has 0 heterocycles. The van der Waals surface area contributed by atoms with Crippen molar-refractivity contribution in [3.8, 4) is 0 Å². The van der Waals surface area contributed by atoms with Crippen LogP contribution in [0.2, 0.25) is 0 Å². The summed E-state index contributed by atoms with van der Waals surface area (Å²) in [6, 6.07) is 0. The molecule has 0 aromatic carbocycles. The van der Waals surface area contributed by atoms with Crippen molar-refractivity contribution in [3.05, 3.63) is 0 Å². The summed E-state index contributed by atoms with van der Waals surface area (Å²) >= 11 is 5.47. The largest absolute Gasteiger partial charge is 0.469 e. The monoisotopic (exact) mass is 194 g/mol. The van der Waals surface area contributed by atoms with Gasteiger partial charge in [-0.25, -0.2) is 4.39 Å². The van der Waals surface area contributed by atoms with Crippen molar-refractivity contribution in [3.63, 3.8) is 0 Å². The fraction of sp³-hybridized carbons (Fsp3) is 0.875. The first-order chi connectivity index (χ1) is 5.55. The molecule has 0 saturated heterocycles. The van der Waals surface area contributed by atoms with E-state index in [0.717, 1.165) is 0 Å². The van der Waals surface area contributed by atoms with Crippen LogP contribution in [0.4, 0.5) is 4.39 Å². The third-order valence-electron chi connectivity index (χ3n) is 2.25. The average Bonchev–Trinajstić information content (AvgIpc) is 2.03. The van der Waals surface area contributed by atoms with Gasteiger partial charge in [-0.05, 0) is 25.7 Å². The summed E-state index contributed by atoms with van der Waals surface area (Å²) in [5.41, 5.74) is 0. The van der Waals surface area contributed by atoms with E-state index in [0.29, 0.717) is 12.8 Å². The van der Waals surface area contributed by atoms with Crippen LogP contribution in [-0.2, 0) is 9.53 Å². The molecule has 1 rings (SSSR count). The summed E-state index contributed by atoms with van der Waals surface area (Å²) in [7, 11) is 1.35.